The zero-order chi connectivity index (χ0) is 18.5. The van der Waals surface area contributed by atoms with Gasteiger partial charge in [-0.3, -0.25) is 0 Å². The van der Waals surface area contributed by atoms with Crippen molar-refractivity contribution in [2.75, 3.05) is 23.3 Å². The number of thiocarbonyl (C=S) groups is 1. The average molecular weight is 370 g/mol. The van der Waals surface area contributed by atoms with E-state index in [9.17, 15) is 0 Å². The maximum Gasteiger partial charge on any atom is 0.231 e. The lowest BCUT2D eigenvalue weighted by molar-refractivity contribution is 0.444. The first kappa shape index (κ1) is 18.6. The van der Waals surface area contributed by atoms with E-state index in [2.05, 4.69) is 51.5 Å². The minimum atomic E-state index is 0.114. The van der Waals surface area contributed by atoms with Gasteiger partial charge in [0.25, 0.3) is 0 Å². The second-order valence-electron chi connectivity index (χ2n) is 7.12. The molecule has 3 rings (SSSR count). The van der Waals surface area contributed by atoms with Gasteiger partial charge in [-0.05, 0) is 50.4 Å². The van der Waals surface area contributed by atoms with Crippen molar-refractivity contribution in [2.24, 2.45) is 5.92 Å². The fraction of sp³-hybridized carbons (Fsp3) is 0.450. The summed E-state index contributed by atoms with van der Waals surface area (Å²) in [5.74, 6) is 2.23. The van der Waals surface area contributed by atoms with Crippen LogP contribution in [0.2, 0.25) is 0 Å². The molecule has 1 aromatic heterocycles. The van der Waals surface area contributed by atoms with Gasteiger partial charge in [0.15, 0.2) is 5.11 Å². The zero-order valence-corrected chi connectivity index (χ0v) is 16.5. The SMILES string of the molecule is Cc1cc(N2CCC[C@@H](C)C2)nc(NC(=S)N[C@@H](C)c2ccccc2)n1. The van der Waals surface area contributed by atoms with Gasteiger partial charge in [-0.2, -0.15) is 4.98 Å². The van der Waals surface area contributed by atoms with E-state index in [4.69, 9.17) is 12.2 Å². The molecule has 5 nitrogen and oxygen atoms in total. The van der Waals surface area contributed by atoms with E-state index in [-0.39, 0.29) is 6.04 Å². The minimum Gasteiger partial charge on any atom is -0.356 e. The minimum absolute atomic E-state index is 0.114. The summed E-state index contributed by atoms with van der Waals surface area (Å²) in [5, 5.41) is 6.97. The molecule has 1 saturated heterocycles. The molecule has 26 heavy (non-hydrogen) atoms. The normalized spacial score (nSPS) is 18.3. The molecule has 1 fully saturated rings. The highest BCUT2D eigenvalue weighted by Crippen LogP contribution is 2.22. The number of aromatic nitrogens is 2. The summed E-state index contributed by atoms with van der Waals surface area (Å²) in [5.41, 5.74) is 2.12. The third kappa shape index (κ3) is 4.91. The Kier molecular flexibility index (Phi) is 6.04. The third-order valence-electron chi connectivity index (χ3n) is 4.69. The molecule has 1 aromatic carbocycles. The average Bonchev–Trinajstić information content (AvgIpc) is 2.62. The molecule has 0 unspecified atom stereocenters. The summed E-state index contributed by atoms with van der Waals surface area (Å²) in [7, 11) is 0. The van der Waals surface area contributed by atoms with Crippen LogP contribution in [0.4, 0.5) is 11.8 Å². The first-order chi connectivity index (χ1) is 12.5. The Labute approximate surface area is 161 Å². The number of benzene rings is 1. The molecule has 1 aliphatic rings. The molecule has 0 saturated carbocycles. The van der Waals surface area contributed by atoms with Crippen molar-refractivity contribution in [3.63, 3.8) is 0 Å². The highest BCUT2D eigenvalue weighted by Gasteiger charge is 2.19. The van der Waals surface area contributed by atoms with Crippen molar-refractivity contribution in [3.8, 4) is 0 Å². The second kappa shape index (κ2) is 8.45. The molecule has 0 radical (unpaired) electrons. The van der Waals surface area contributed by atoms with Crippen LogP contribution in [0.15, 0.2) is 36.4 Å². The van der Waals surface area contributed by atoms with Crippen molar-refractivity contribution < 1.29 is 0 Å². The maximum absolute atomic E-state index is 5.46. The largest absolute Gasteiger partial charge is 0.356 e. The van der Waals surface area contributed by atoms with Gasteiger partial charge in [0, 0.05) is 24.8 Å². The number of nitrogens with one attached hydrogen (secondary N) is 2. The summed E-state index contributed by atoms with van der Waals surface area (Å²) in [6.07, 6.45) is 2.50. The van der Waals surface area contributed by atoms with E-state index in [0.29, 0.717) is 17.0 Å². The number of nitrogens with zero attached hydrogens (tertiary/aromatic N) is 3. The molecule has 0 aliphatic carbocycles. The van der Waals surface area contributed by atoms with Crippen LogP contribution in [0, 0.1) is 12.8 Å². The zero-order valence-electron chi connectivity index (χ0n) is 15.7. The van der Waals surface area contributed by atoms with Gasteiger partial charge >= 0.3 is 0 Å². The molecule has 6 heteroatoms. The summed E-state index contributed by atoms with van der Waals surface area (Å²) >= 11 is 5.46. The predicted molar refractivity (Wildman–Crippen MR) is 112 cm³/mol. The first-order valence-corrected chi connectivity index (χ1v) is 9.65. The lowest BCUT2D eigenvalue weighted by Crippen LogP contribution is -2.35. The Hall–Kier alpha value is -2.21. The van der Waals surface area contributed by atoms with E-state index < -0.39 is 0 Å². The summed E-state index contributed by atoms with van der Waals surface area (Å²) < 4.78 is 0. The molecule has 2 heterocycles. The molecule has 2 atom stereocenters. The predicted octanol–water partition coefficient (Wildman–Crippen LogP) is 4.07. The van der Waals surface area contributed by atoms with Crippen molar-refractivity contribution in [1.29, 1.82) is 0 Å². The molecule has 138 valence electrons. The molecule has 0 spiro atoms. The molecule has 1 aliphatic heterocycles. The Morgan fingerprint density at radius 1 is 1.27 bits per heavy atom. The van der Waals surface area contributed by atoms with E-state index in [1.54, 1.807) is 0 Å². The Morgan fingerprint density at radius 3 is 2.77 bits per heavy atom. The number of hydrogen-bond acceptors (Lipinski definition) is 4. The smallest absolute Gasteiger partial charge is 0.231 e. The molecule has 2 aromatic rings. The number of piperidine rings is 1. The quantitative estimate of drug-likeness (QED) is 0.793. The fourth-order valence-corrected chi connectivity index (χ4v) is 3.59. The monoisotopic (exact) mass is 369 g/mol. The third-order valence-corrected chi connectivity index (χ3v) is 4.91. The van der Waals surface area contributed by atoms with Gasteiger partial charge in [-0.25, -0.2) is 4.98 Å². The standard InChI is InChI=1S/C20H27N5S/c1-14-8-7-11-25(13-14)18-12-15(2)21-19(23-18)24-20(26)22-16(3)17-9-5-4-6-10-17/h4-6,9-10,12,14,16H,7-8,11,13H2,1-3H3,(H2,21,22,23,24,26)/t14-,16+/m1/s1. The van der Waals surface area contributed by atoms with Crippen LogP contribution in [-0.2, 0) is 0 Å². The van der Waals surface area contributed by atoms with Gasteiger partial charge in [-0.1, -0.05) is 37.3 Å². The van der Waals surface area contributed by atoms with Crippen LogP contribution >= 0.6 is 12.2 Å². The number of rotatable bonds is 4. The highest BCUT2D eigenvalue weighted by molar-refractivity contribution is 7.80. The number of anilines is 2. The Bertz CT molecular complexity index is 749. The van der Waals surface area contributed by atoms with Gasteiger partial charge in [-0.15, -0.1) is 0 Å². The molecular weight excluding hydrogens is 342 g/mol. The van der Waals surface area contributed by atoms with Crippen LogP contribution in [-0.4, -0.2) is 28.2 Å². The lowest BCUT2D eigenvalue weighted by Gasteiger charge is -2.32. The van der Waals surface area contributed by atoms with E-state index >= 15 is 0 Å². The number of hydrogen-bond donors (Lipinski definition) is 2. The van der Waals surface area contributed by atoms with Crippen molar-refractivity contribution in [3.05, 3.63) is 47.7 Å². The van der Waals surface area contributed by atoms with Crippen molar-refractivity contribution >= 4 is 29.1 Å². The summed E-state index contributed by atoms with van der Waals surface area (Å²) in [6, 6.07) is 12.4. The van der Waals surface area contributed by atoms with Crippen LogP contribution in [0.25, 0.3) is 0 Å². The van der Waals surface area contributed by atoms with Crippen LogP contribution in [0.3, 0.4) is 0 Å². The van der Waals surface area contributed by atoms with Crippen LogP contribution in [0.5, 0.6) is 0 Å². The lowest BCUT2D eigenvalue weighted by atomic mass is 10.0. The van der Waals surface area contributed by atoms with Crippen molar-refractivity contribution in [2.45, 2.75) is 39.7 Å². The summed E-state index contributed by atoms with van der Waals surface area (Å²) in [6.45, 7) is 8.47. The van der Waals surface area contributed by atoms with E-state index in [0.717, 1.165) is 24.6 Å². The number of aryl methyl sites for hydroxylation is 1. The van der Waals surface area contributed by atoms with Gasteiger partial charge in [0.2, 0.25) is 5.95 Å². The molecule has 2 N–H and O–H groups in total. The fourth-order valence-electron chi connectivity index (χ4n) is 3.33. The van der Waals surface area contributed by atoms with E-state index in [1.165, 1.54) is 18.4 Å². The Morgan fingerprint density at radius 2 is 2.04 bits per heavy atom. The summed E-state index contributed by atoms with van der Waals surface area (Å²) in [4.78, 5) is 11.5. The van der Waals surface area contributed by atoms with Crippen molar-refractivity contribution in [1.82, 2.24) is 15.3 Å². The van der Waals surface area contributed by atoms with E-state index in [1.807, 2.05) is 31.2 Å². The van der Waals surface area contributed by atoms with Gasteiger partial charge in [0.05, 0.1) is 6.04 Å². The molecule has 0 bridgehead atoms. The maximum atomic E-state index is 5.46. The highest BCUT2D eigenvalue weighted by atomic mass is 32.1. The topological polar surface area (TPSA) is 53.1 Å². The van der Waals surface area contributed by atoms with Gasteiger partial charge in [0.1, 0.15) is 5.82 Å². The molecule has 0 amide bonds. The molecular formula is C20H27N5S. The second-order valence-corrected chi connectivity index (χ2v) is 7.52. The van der Waals surface area contributed by atoms with Crippen LogP contribution in [0.1, 0.15) is 44.0 Å². The van der Waals surface area contributed by atoms with Crippen LogP contribution < -0.4 is 15.5 Å². The Balaban J connectivity index is 1.66. The first-order valence-electron chi connectivity index (χ1n) is 9.24. The van der Waals surface area contributed by atoms with Gasteiger partial charge < -0.3 is 15.5 Å².